The molecule has 1 aromatic heterocycles. The summed E-state index contributed by atoms with van der Waals surface area (Å²) in [4.78, 5) is 28.8. The SMILES string of the molecule is CN(Cc1nc2ccccc2s1)C(=O)c1ccc(N)c([N+](=O)[O-])c1. The lowest BCUT2D eigenvalue weighted by Crippen LogP contribution is -2.26. The third-order valence-corrected chi connectivity index (χ3v) is 4.55. The van der Waals surface area contributed by atoms with Gasteiger partial charge < -0.3 is 10.6 Å². The molecule has 0 saturated heterocycles. The Labute approximate surface area is 141 Å². The highest BCUT2D eigenvalue weighted by Gasteiger charge is 2.19. The van der Waals surface area contributed by atoms with Crippen molar-refractivity contribution >= 4 is 38.8 Å². The molecule has 0 saturated carbocycles. The number of hydrogen-bond acceptors (Lipinski definition) is 6. The smallest absolute Gasteiger partial charge is 0.292 e. The van der Waals surface area contributed by atoms with Crippen LogP contribution in [0.15, 0.2) is 42.5 Å². The summed E-state index contributed by atoms with van der Waals surface area (Å²) in [6, 6.07) is 11.8. The summed E-state index contributed by atoms with van der Waals surface area (Å²) >= 11 is 1.52. The monoisotopic (exact) mass is 342 g/mol. The summed E-state index contributed by atoms with van der Waals surface area (Å²) in [5, 5.41) is 11.8. The average Bonchev–Trinajstić information content (AvgIpc) is 2.96. The van der Waals surface area contributed by atoms with Crippen molar-refractivity contribution < 1.29 is 9.72 Å². The number of benzene rings is 2. The second-order valence-electron chi connectivity index (χ2n) is 5.27. The van der Waals surface area contributed by atoms with Gasteiger partial charge in [0, 0.05) is 18.7 Å². The normalized spacial score (nSPS) is 10.7. The van der Waals surface area contributed by atoms with Crippen molar-refractivity contribution in [2.75, 3.05) is 12.8 Å². The molecule has 8 heteroatoms. The number of para-hydroxylation sites is 1. The van der Waals surface area contributed by atoms with Gasteiger partial charge in [0.25, 0.3) is 11.6 Å². The summed E-state index contributed by atoms with van der Waals surface area (Å²) in [6.45, 7) is 0.330. The molecule has 0 unspecified atom stereocenters. The van der Waals surface area contributed by atoms with E-state index < -0.39 is 4.92 Å². The molecule has 122 valence electrons. The number of rotatable bonds is 4. The zero-order valence-electron chi connectivity index (χ0n) is 12.8. The molecule has 3 aromatic rings. The summed E-state index contributed by atoms with van der Waals surface area (Å²) < 4.78 is 1.05. The van der Waals surface area contributed by atoms with Gasteiger partial charge in [-0.25, -0.2) is 4.98 Å². The Morgan fingerprint density at radius 1 is 1.33 bits per heavy atom. The van der Waals surface area contributed by atoms with E-state index >= 15 is 0 Å². The van der Waals surface area contributed by atoms with Crippen molar-refractivity contribution in [2.24, 2.45) is 0 Å². The molecular weight excluding hydrogens is 328 g/mol. The van der Waals surface area contributed by atoms with E-state index in [-0.39, 0.29) is 22.8 Å². The Bertz CT molecular complexity index is 905. The van der Waals surface area contributed by atoms with Crippen LogP contribution in [0.1, 0.15) is 15.4 Å². The first-order chi connectivity index (χ1) is 11.5. The Hall–Kier alpha value is -3.00. The largest absolute Gasteiger partial charge is 0.393 e. The molecule has 24 heavy (non-hydrogen) atoms. The molecule has 1 heterocycles. The van der Waals surface area contributed by atoms with Crippen molar-refractivity contribution in [1.82, 2.24) is 9.88 Å². The van der Waals surface area contributed by atoms with Gasteiger partial charge >= 0.3 is 0 Å². The number of thiazole rings is 1. The minimum atomic E-state index is -0.598. The van der Waals surface area contributed by atoms with Gasteiger partial charge in [0.15, 0.2) is 0 Å². The highest BCUT2D eigenvalue weighted by atomic mass is 32.1. The number of nitrogen functional groups attached to an aromatic ring is 1. The first-order valence-electron chi connectivity index (χ1n) is 7.09. The third kappa shape index (κ3) is 3.04. The number of hydrogen-bond donors (Lipinski definition) is 1. The summed E-state index contributed by atoms with van der Waals surface area (Å²) in [7, 11) is 1.64. The van der Waals surface area contributed by atoms with Gasteiger partial charge in [0.1, 0.15) is 10.7 Å². The molecule has 0 aliphatic carbocycles. The van der Waals surface area contributed by atoms with Crippen molar-refractivity contribution in [3.63, 3.8) is 0 Å². The number of fused-ring (bicyclic) bond motifs is 1. The molecule has 1 amide bonds. The lowest BCUT2D eigenvalue weighted by molar-refractivity contribution is -0.383. The Morgan fingerprint density at radius 2 is 2.08 bits per heavy atom. The molecule has 0 aliphatic heterocycles. The van der Waals surface area contributed by atoms with Crippen LogP contribution in [0.25, 0.3) is 10.2 Å². The number of nitrogens with zero attached hydrogens (tertiary/aromatic N) is 3. The molecule has 7 nitrogen and oxygen atoms in total. The highest BCUT2D eigenvalue weighted by molar-refractivity contribution is 7.18. The van der Waals surface area contributed by atoms with Gasteiger partial charge in [0.2, 0.25) is 0 Å². The number of carbonyl (C=O) groups excluding carboxylic acids is 1. The van der Waals surface area contributed by atoms with Gasteiger partial charge in [-0.15, -0.1) is 11.3 Å². The van der Waals surface area contributed by atoms with Crippen LogP contribution in [0.2, 0.25) is 0 Å². The quantitative estimate of drug-likeness (QED) is 0.446. The maximum Gasteiger partial charge on any atom is 0.292 e. The number of anilines is 1. The van der Waals surface area contributed by atoms with Gasteiger partial charge in [-0.3, -0.25) is 14.9 Å². The van der Waals surface area contributed by atoms with Crippen molar-refractivity contribution in [3.05, 3.63) is 63.1 Å². The number of carbonyl (C=O) groups is 1. The van der Waals surface area contributed by atoms with Crippen LogP contribution >= 0.6 is 11.3 Å². The fourth-order valence-electron chi connectivity index (χ4n) is 2.32. The van der Waals surface area contributed by atoms with Crippen LogP contribution in [0.3, 0.4) is 0 Å². The second kappa shape index (κ2) is 6.25. The predicted molar refractivity (Wildman–Crippen MR) is 92.9 cm³/mol. The predicted octanol–water partition coefficient (Wildman–Crippen LogP) is 3.06. The molecule has 0 fully saturated rings. The number of nitro groups is 1. The van der Waals surface area contributed by atoms with E-state index in [1.54, 1.807) is 7.05 Å². The first-order valence-corrected chi connectivity index (χ1v) is 7.91. The summed E-state index contributed by atoms with van der Waals surface area (Å²) in [6.07, 6.45) is 0. The van der Waals surface area contributed by atoms with Gasteiger partial charge in [-0.2, -0.15) is 0 Å². The summed E-state index contributed by atoms with van der Waals surface area (Å²) in [5.41, 5.74) is 6.43. The van der Waals surface area contributed by atoms with E-state index in [9.17, 15) is 14.9 Å². The molecule has 3 rings (SSSR count). The van der Waals surface area contributed by atoms with E-state index in [0.29, 0.717) is 6.54 Å². The highest BCUT2D eigenvalue weighted by Crippen LogP contribution is 2.25. The van der Waals surface area contributed by atoms with Gasteiger partial charge in [0.05, 0.1) is 21.7 Å². The molecule has 0 radical (unpaired) electrons. The molecule has 0 spiro atoms. The minimum absolute atomic E-state index is 0.0328. The van der Waals surface area contributed by atoms with Crippen LogP contribution in [0, 0.1) is 10.1 Å². The molecule has 0 aliphatic rings. The van der Waals surface area contributed by atoms with Crippen LogP contribution in [0.4, 0.5) is 11.4 Å². The third-order valence-electron chi connectivity index (χ3n) is 3.53. The second-order valence-corrected chi connectivity index (χ2v) is 6.38. The van der Waals surface area contributed by atoms with Crippen LogP contribution in [-0.2, 0) is 6.54 Å². The molecule has 2 aromatic carbocycles. The first kappa shape index (κ1) is 15.9. The molecule has 0 atom stereocenters. The topological polar surface area (TPSA) is 102 Å². The van der Waals surface area contributed by atoms with Crippen molar-refractivity contribution in [3.8, 4) is 0 Å². The fraction of sp³-hybridized carbons (Fsp3) is 0.125. The number of amides is 1. The van der Waals surface area contributed by atoms with Crippen LogP contribution in [0.5, 0.6) is 0 Å². The van der Waals surface area contributed by atoms with Crippen molar-refractivity contribution in [1.29, 1.82) is 0 Å². The van der Waals surface area contributed by atoms with Gasteiger partial charge in [-0.05, 0) is 24.3 Å². The van der Waals surface area contributed by atoms with E-state index in [1.165, 1.54) is 34.4 Å². The van der Waals surface area contributed by atoms with E-state index in [4.69, 9.17) is 5.73 Å². The fourth-order valence-corrected chi connectivity index (χ4v) is 3.34. The van der Waals surface area contributed by atoms with Crippen LogP contribution < -0.4 is 5.73 Å². The lowest BCUT2D eigenvalue weighted by Gasteiger charge is -2.15. The number of aromatic nitrogens is 1. The maximum absolute atomic E-state index is 12.5. The van der Waals surface area contributed by atoms with Gasteiger partial charge in [-0.1, -0.05) is 12.1 Å². The van der Waals surface area contributed by atoms with Crippen molar-refractivity contribution in [2.45, 2.75) is 6.54 Å². The average molecular weight is 342 g/mol. The number of nitro benzene ring substituents is 1. The van der Waals surface area contributed by atoms with E-state index in [2.05, 4.69) is 4.98 Å². The lowest BCUT2D eigenvalue weighted by atomic mass is 10.1. The minimum Gasteiger partial charge on any atom is -0.393 e. The van der Waals surface area contributed by atoms with E-state index in [1.807, 2.05) is 24.3 Å². The Balaban J connectivity index is 1.81. The van der Waals surface area contributed by atoms with E-state index in [0.717, 1.165) is 15.2 Å². The Morgan fingerprint density at radius 3 is 2.79 bits per heavy atom. The standard InChI is InChI=1S/C16H14N4O3S/c1-19(9-15-18-12-4-2-3-5-14(12)24-15)16(21)10-6-7-11(17)13(8-10)20(22)23/h2-8H,9,17H2,1H3. The van der Waals surface area contributed by atoms with Crippen LogP contribution in [-0.4, -0.2) is 27.8 Å². The zero-order valence-corrected chi connectivity index (χ0v) is 13.6. The maximum atomic E-state index is 12.5. The summed E-state index contributed by atoms with van der Waals surface area (Å²) in [5.74, 6) is -0.322. The Kier molecular flexibility index (Phi) is 4.13. The number of nitrogens with two attached hydrogens (primary N) is 1. The molecular formula is C16H14N4O3S. The molecule has 0 bridgehead atoms. The molecule has 2 N–H and O–H groups in total. The zero-order chi connectivity index (χ0) is 17.3.